The molecule has 1 N–H and O–H groups in total. The summed E-state index contributed by atoms with van der Waals surface area (Å²) in [6.07, 6.45) is 7.62. The third-order valence-electron chi connectivity index (χ3n) is 1.88. The Morgan fingerprint density at radius 2 is 1.80 bits per heavy atom. The van der Waals surface area contributed by atoms with Crippen LogP contribution in [0.2, 0.25) is 0 Å². The van der Waals surface area contributed by atoms with Crippen LogP contribution >= 0.6 is 0 Å². The average Bonchev–Trinajstić information content (AvgIpc) is 2.12. The third-order valence-corrected chi connectivity index (χ3v) is 1.88. The fraction of sp³-hybridized carbons (Fsp3) is 0.625. The van der Waals surface area contributed by atoms with E-state index in [1.807, 2.05) is 0 Å². The first kappa shape index (κ1) is 7.32. The van der Waals surface area contributed by atoms with Crippen molar-refractivity contribution in [3.8, 4) is 0 Å². The van der Waals surface area contributed by atoms with E-state index in [2.05, 4.69) is 12.2 Å². The second-order valence-electron chi connectivity index (χ2n) is 2.66. The second-order valence-corrected chi connectivity index (χ2v) is 2.66. The lowest BCUT2D eigenvalue weighted by atomic mass is 10.0. The summed E-state index contributed by atoms with van der Waals surface area (Å²) in [7, 11) is 0. The van der Waals surface area contributed by atoms with Crippen molar-refractivity contribution >= 4 is 5.97 Å². The van der Waals surface area contributed by atoms with E-state index in [0.717, 1.165) is 25.7 Å². The third kappa shape index (κ3) is 1.87. The SMILES string of the molecule is O=C(O)C1CCC=CCC1. The van der Waals surface area contributed by atoms with Crippen LogP contribution in [0.4, 0.5) is 0 Å². The van der Waals surface area contributed by atoms with Crippen molar-refractivity contribution in [2.24, 2.45) is 5.92 Å². The van der Waals surface area contributed by atoms with Gasteiger partial charge in [-0.15, -0.1) is 0 Å². The highest BCUT2D eigenvalue weighted by Gasteiger charge is 2.16. The van der Waals surface area contributed by atoms with E-state index in [4.69, 9.17) is 5.11 Å². The van der Waals surface area contributed by atoms with Gasteiger partial charge in [0.15, 0.2) is 0 Å². The molecule has 0 aromatic heterocycles. The highest BCUT2D eigenvalue weighted by molar-refractivity contribution is 5.69. The Hall–Kier alpha value is -0.790. The van der Waals surface area contributed by atoms with Gasteiger partial charge in [-0.1, -0.05) is 12.2 Å². The summed E-state index contributed by atoms with van der Waals surface area (Å²) in [6, 6.07) is 0. The molecule has 0 radical (unpaired) electrons. The van der Waals surface area contributed by atoms with Crippen molar-refractivity contribution < 1.29 is 9.90 Å². The van der Waals surface area contributed by atoms with E-state index in [0.29, 0.717) is 0 Å². The second kappa shape index (κ2) is 3.40. The number of hydrogen-bond donors (Lipinski definition) is 1. The van der Waals surface area contributed by atoms with Crippen LogP contribution in [0.25, 0.3) is 0 Å². The molecule has 0 saturated heterocycles. The highest BCUT2D eigenvalue weighted by Crippen LogP contribution is 2.18. The fourth-order valence-electron chi connectivity index (χ4n) is 1.22. The molecule has 0 aliphatic heterocycles. The zero-order valence-electron chi connectivity index (χ0n) is 5.92. The Morgan fingerprint density at radius 1 is 1.30 bits per heavy atom. The predicted octanol–water partition coefficient (Wildman–Crippen LogP) is 1.82. The van der Waals surface area contributed by atoms with Crippen molar-refractivity contribution in [1.29, 1.82) is 0 Å². The number of carboxylic acids is 1. The van der Waals surface area contributed by atoms with Crippen LogP contribution < -0.4 is 0 Å². The van der Waals surface area contributed by atoms with E-state index < -0.39 is 5.97 Å². The van der Waals surface area contributed by atoms with Crippen LogP contribution in [0.5, 0.6) is 0 Å². The minimum atomic E-state index is -0.635. The first-order chi connectivity index (χ1) is 4.80. The lowest BCUT2D eigenvalue weighted by molar-refractivity contribution is -0.142. The summed E-state index contributed by atoms with van der Waals surface area (Å²) in [5, 5.41) is 8.64. The number of carbonyl (C=O) groups is 1. The molecule has 0 heterocycles. The minimum absolute atomic E-state index is 0.102. The van der Waals surface area contributed by atoms with E-state index >= 15 is 0 Å². The molecule has 0 saturated carbocycles. The van der Waals surface area contributed by atoms with E-state index in [-0.39, 0.29) is 5.92 Å². The molecule has 0 unspecified atom stereocenters. The Balaban J connectivity index is 2.41. The maximum Gasteiger partial charge on any atom is 0.306 e. The fourth-order valence-corrected chi connectivity index (χ4v) is 1.22. The molecule has 1 aliphatic rings. The quantitative estimate of drug-likeness (QED) is 0.564. The molecule has 0 fully saturated rings. The Kier molecular flexibility index (Phi) is 2.49. The van der Waals surface area contributed by atoms with Crippen LogP contribution in [-0.2, 0) is 4.79 Å². The number of allylic oxidation sites excluding steroid dienone is 2. The summed E-state index contributed by atoms with van der Waals surface area (Å²) in [4.78, 5) is 10.5. The molecule has 1 rings (SSSR count). The summed E-state index contributed by atoms with van der Waals surface area (Å²) in [5.41, 5.74) is 0. The standard InChI is InChI=1S/C8H12O2/c9-8(10)7-5-3-1-2-4-6-7/h1-2,7H,3-6H2,(H,9,10). The van der Waals surface area contributed by atoms with E-state index in [9.17, 15) is 4.79 Å². The van der Waals surface area contributed by atoms with Crippen LogP contribution in [0.3, 0.4) is 0 Å². The Labute approximate surface area is 60.6 Å². The average molecular weight is 140 g/mol. The van der Waals surface area contributed by atoms with Gasteiger partial charge in [0.05, 0.1) is 5.92 Å². The first-order valence-corrected chi connectivity index (χ1v) is 3.68. The number of hydrogen-bond acceptors (Lipinski definition) is 1. The molecule has 0 bridgehead atoms. The van der Waals surface area contributed by atoms with Gasteiger partial charge < -0.3 is 5.11 Å². The summed E-state index contributed by atoms with van der Waals surface area (Å²) < 4.78 is 0. The molecule has 0 spiro atoms. The predicted molar refractivity (Wildman–Crippen MR) is 38.7 cm³/mol. The largest absolute Gasteiger partial charge is 0.481 e. The van der Waals surface area contributed by atoms with Gasteiger partial charge in [0.25, 0.3) is 0 Å². The summed E-state index contributed by atoms with van der Waals surface area (Å²) >= 11 is 0. The van der Waals surface area contributed by atoms with E-state index in [1.165, 1.54) is 0 Å². The maximum absolute atomic E-state index is 10.5. The summed E-state index contributed by atoms with van der Waals surface area (Å²) in [6.45, 7) is 0. The monoisotopic (exact) mass is 140 g/mol. The lowest BCUT2D eigenvalue weighted by Crippen LogP contribution is -2.11. The van der Waals surface area contributed by atoms with Crippen LogP contribution in [0.1, 0.15) is 25.7 Å². The lowest BCUT2D eigenvalue weighted by Gasteiger charge is -2.05. The van der Waals surface area contributed by atoms with Crippen molar-refractivity contribution in [3.05, 3.63) is 12.2 Å². The number of rotatable bonds is 1. The molecular formula is C8H12O2. The van der Waals surface area contributed by atoms with Gasteiger partial charge in [0.1, 0.15) is 0 Å². The van der Waals surface area contributed by atoms with Crippen molar-refractivity contribution in [2.75, 3.05) is 0 Å². The van der Waals surface area contributed by atoms with Gasteiger partial charge in [-0.2, -0.15) is 0 Å². The zero-order valence-corrected chi connectivity index (χ0v) is 5.92. The van der Waals surface area contributed by atoms with Gasteiger partial charge in [-0.3, -0.25) is 4.79 Å². The van der Waals surface area contributed by atoms with Gasteiger partial charge in [0.2, 0.25) is 0 Å². The molecule has 2 nitrogen and oxygen atoms in total. The van der Waals surface area contributed by atoms with Gasteiger partial charge in [0, 0.05) is 0 Å². The van der Waals surface area contributed by atoms with Crippen molar-refractivity contribution in [1.82, 2.24) is 0 Å². The minimum Gasteiger partial charge on any atom is -0.481 e. The smallest absolute Gasteiger partial charge is 0.306 e. The molecule has 2 heteroatoms. The summed E-state index contributed by atoms with van der Waals surface area (Å²) in [5.74, 6) is -0.737. The number of carboxylic acid groups (broad SMARTS) is 1. The Bertz CT molecular complexity index is 139. The number of aliphatic carboxylic acids is 1. The molecule has 10 heavy (non-hydrogen) atoms. The first-order valence-electron chi connectivity index (χ1n) is 3.68. The van der Waals surface area contributed by atoms with Gasteiger partial charge >= 0.3 is 5.97 Å². The van der Waals surface area contributed by atoms with E-state index in [1.54, 1.807) is 0 Å². The molecular weight excluding hydrogens is 128 g/mol. The Morgan fingerprint density at radius 3 is 2.20 bits per heavy atom. The molecule has 56 valence electrons. The maximum atomic E-state index is 10.5. The van der Waals surface area contributed by atoms with Crippen molar-refractivity contribution in [2.45, 2.75) is 25.7 Å². The van der Waals surface area contributed by atoms with Crippen molar-refractivity contribution in [3.63, 3.8) is 0 Å². The van der Waals surface area contributed by atoms with Gasteiger partial charge in [-0.25, -0.2) is 0 Å². The van der Waals surface area contributed by atoms with Gasteiger partial charge in [-0.05, 0) is 25.7 Å². The molecule has 0 aromatic rings. The molecule has 0 aromatic carbocycles. The zero-order chi connectivity index (χ0) is 7.40. The topological polar surface area (TPSA) is 37.3 Å². The highest BCUT2D eigenvalue weighted by atomic mass is 16.4. The molecule has 0 atom stereocenters. The molecule has 0 amide bonds. The normalized spacial score (nSPS) is 20.4. The molecule has 1 aliphatic carbocycles. The van der Waals surface area contributed by atoms with Crippen LogP contribution in [-0.4, -0.2) is 11.1 Å². The van der Waals surface area contributed by atoms with Crippen LogP contribution in [0.15, 0.2) is 12.2 Å². The van der Waals surface area contributed by atoms with Crippen LogP contribution in [0, 0.1) is 5.92 Å².